The van der Waals surface area contributed by atoms with Gasteiger partial charge in [-0.25, -0.2) is 9.37 Å². The number of aryl methyl sites for hydroxylation is 1. The predicted octanol–water partition coefficient (Wildman–Crippen LogP) is 3.87. The van der Waals surface area contributed by atoms with E-state index in [1.165, 1.54) is 18.2 Å². The summed E-state index contributed by atoms with van der Waals surface area (Å²) in [5.74, 6) is -0.394. The Labute approximate surface area is 112 Å². The molecule has 0 radical (unpaired) electrons. The molecule has 20 heavy (non-hydrogen) atoms. The zero-order valence-electron chi connectivity index (χ0n) is 10.4. The van der Waals surface area contributed by atoms with E-state index in [0.29, 0.717) is 11.3 Å². The van der Waals surface area contributed by atoms with E-state index in [4.69, 9.17) is 5.73 Å². The number of nitrogen functional groups attached to an aromatic ring is 1. The molecule has 0 atom stereocenters. The minimum atomic E-state index is -4.55. The number of aromatic nitrogens is 1. The Bertz CT molecular complexity index is 638. The number of nitrogens with two attached hydrogens (primary N) is 1. The molecular formula is C13H11F4N3. The second kappa shape index (κ2) is 4.99. The van der Waals surface area contributed by atoms with Crippen LogP contribution in [0.3, 0.4) is 0 Å². The van der Waals surface area contributed by atoms with Gasteiger partial charge in [-0.05, 0) is 36.8 Å². The molecule has 7 heteroatoms. The molecule has 0 aliphatic rings. The van der Waals surface area contributed by atoms with Gasteiger partial charge >= 0.3 is 6.18 Å². The molecule has 0 aliphatic heterocycles. The van der Waals surface area contributed by atoms with Gasteiger partial charge in [0, 0.05) is 5.69 Å². The van der Waals surface area contributed by atoms with Crippen LogP contribution < -0.4 is 11.1 Å². The molecule has 0 amide bonds. The average molecular weight is 285 g/mol. The molecule has 0 bridgehead atoms. The van der Waals surface area contributed by atoms with Crippen LogP contribution in [-0.4, -0.2) is 4.98 Å². The van der Waals surface area contributed by atoms with Crippen molar-refractivity contribution in [3.8, 4) is 0 Å². The number of nitrogens with zero attached hydrogens (tertiary/aromatic N) is 1. The van der Waals surface area contributed by atoms with Gasteiger partial charge in [0.25, 0.3) is 0 Å². The molecule has 0 unspecified atom stereocenters. The number of halogens is 4. The molecule has 0 fully saturated rings. The van der Waals surface area contributed by atoms with E-state index in [1.807, 2.05) is 0 Å². The highest BCUT2D eigenvalue weighted by Gasteiger charge is 2.32. The van der Waals surface area contributed by atoms with Gasteiger partial charge in [0.2, 0.25) is 0 Å². The molecular weight excluding hydrogens is 274 g/mol. The highest BCUT2D eigenvalue weighted by atomic mass is 19.4. The summed E-state index contributed by atoms with van der Waals surface area (Å²) in [6, 6.07) is 4.92. The minimum Gasteiger partial charge on any atom is -0.396 e. The number of anilines is 3. The van der Waals surface area contributed by atoms with Gasteiger partial charge in [-0.1, -0.05) is 0 Å². The lowest BCUT2D eigenvalue weighted by atomic mass is 10.2. The third kappa shape index (κ3) is 2.98. The van der Waals surface area contributed by atoms with Crippen LogP contribution in [0.25, 0.3) is 0 Å². The molecule has 3 nitrogen and oxygen atoms in total. The lowest BCUT2D eigenvalue weighted by Crippen LogP contribution is -2.09. The van der Waals surface area contributed by atoms with Crippen LogP contribution in [0, 0.1) is 12.7 Å². The maximum Gasteiger partial charge on any atom is 0.433 e. The first-order chi connectivity index (χ1) is 9.27. The number of rotatable bonds is 2. The third-order valence-corrected chi connectivity index (χ3v) is 2.66. The highest BCUT2D eigenvalue weighted by Crippen LogP contribution is 2.32. The Morgan fingerprint density at radius 2 is 1.90 bits per heavy atom. The molecule has 0 saturated heterocycles. The summed E-state index contributed by atoms with van der Waals surface area (Å²) in [7, 11) is 0. The summed E-state index contributed by atoms with van der Waals surface area (Å²) in [5, 5.41) is 2.72. The first kappa shape index (κ1) is 14.1. The number of alkyl halides is 3. The molecule has 2 rings (SSSR count). The minimum absolute atomic E-state index is 0.0679. The van der Waals surface area contributed by atoms with Crippen molar-refractivity contribution in [3.63, 3.8) is 0 Å². The fourth-order valence-corrected chi connectivity index (χ4v) is 1.61. The van der Waals surface area contributed by atoms with Gasteiger partial charge in [0.05, 0.1) is 17.6 Å². The van der Waals surface area contributed by atoms with Crippen molar-refractivity contribution < 1.29 is 17.6 Å². The average Bonchev–Trinajstić information content (AvgIpc) is 2.35. The monoisotopic (exact) mass is 285 g/mol. The molecule has 1 aromatic heterocycles. The Hall–Kier alpha value is -2.31. The van der Waals surface area contributed by atoms with Gasteiger partial charge in [0.1, 0.15) is 11.5 Å². The maximum atomic E-state index is 13.1. The smallest absolute Gasteiger partial charge is 0.396 e. The molecule has 0 saturated carbocycles. The molecule has 106 valence electrons. The van der Waals surface area contributed by atoms with E-state index in [2.05, 4.69) is 10.3 Å². The van der Waals surface area contributed by atoms with E-state index in [-0.39, 0.29) is 11.4 Å². The Morgan fingerprint density at radius 3 is 2.50 bits per heavy atom. The number of benzene rings is 1. The first-order valence-corrected chi connectivity index (χ1v) is 5.63. The summed E-state index contributed by atoms with van der Waals surface area (Å²) in [4.78, 5) is 3.23. The molecule has 1 aromatic carbocycles. The van der Waals surface area contributed by atoms with Gasteiger partial charge in [-0.2, -0.15) is 13.2 Å². The summed E-state index contributed by atoms with van der Waals surface area (Å²) in [5.41, 5.74) is 5.48. The van der Waals surface area contributed by atoms with E-state index >= 15 is 0 Å². The highest BCUT2D eigenvalue weighted by molar-refractivity contribution is 5.72. The fourth-order valence-electron chi connectivity index (χ4n) is 1.61. The second-order valence-corrected chi connectivity index (χ2v) is 4.24. The van der Waals surface area contributed by atoms with Crippen molar-refractivity contribution >= 4 is 17.1 Å². The van der Waals surface area contributed by atoms with Gasteiger partial charge in [-0.3, -0.25) is 0 Å². The predicted molar refractivity (Wildman–Crippen MR) is 68.1 cm³/mol. The van der Waals surface area contributed by atoms with Crippen molar-refractivity contribution in [1.29, 1.82) is 0 Å². The topological polar surface area (TPSA) is 50.9 Å². The summed E-state index contributed by atoms with van der Waals surface area (Å²) in [6.45, 7) is 1.55. The van der Waals surface area contributed by atoms with Gasteiger partial charge in [0.15, 0.2) is 0 Å². The van der Waals surface area contributed by atoms with Crippen LogP contribution >= 0.6 is 0 Å². The Kier molecular flexibility index (Phi) is 3.52. The zero-order valence-corrected chi connectivity index (χ0v) is 10.4. The summed E-state index contributed by atoms with van der Waals surface area (Å²) < 4.78 is 50.9. The maximum absolute atomic E-state index is 13.1. The van der Waals surface area contributed by atoms with Crippen molar-refractivity contribution in [2.75, 3.05) is 11.1 Å². The Balaban J connectivity index is 2.35. The van der Waals surface area contributed by atoms with Crippen LogP contribution in [-0.2, 0) is 6.18 Å². The van der Waals surface area contributed by atoms with Crippen molar-refractivity contribution in [3.05, 3.63) is 47.5 Å². The van der Waals surface area contributed by atoms with E-state index in [1.54, 1.807) is 6.92 Å². The van der Waals surface area contributed by atoms with Crippen molar-refractivity contribution in [2.45, 2.75) is 13.1 Å². The number of nitrogens with one attached hydrogen (secondary N) is 1. The number of hydrogen-bond acceptors (Lipinski definition) is 3. The van der Waals surface area contributed by atoms with Crippen LogP contribution in [0.15, 0.2) is 30.5 Å². The molecule has 0 aliphatic carbocycles. The lowest BCUT2D eigenvalue weighted by Gasteiger charge is -2.12. The molecule has 0 spiro atoms. The van der Waals surface area contributed by atoms with E-state index in [0.717, 1.165) is 12.3 Å². The quantitative estimate of drug-likeness (QED) is 0.823. The second-order valence-electron chi connectivity index (χ2n) is 4.24. The molecule has 1 heterocycles. The standard InChI is InChI=1S/C13H11F4N3/c1-7-4-8(2-3-9(7)14)20-11-5-12(13(15,16)17)19-6-10(11)18/h2-6H,18H2,1H3,(H,19,20). The van der Waals surface area contributed by atoms with Crippen LogP contribution in [0.4, 0.5) is 34.6 Å². The van der Waals surface area contributed by atoms with Crippen LogP contribution in [0.5, 0.6) is 0 Å². The molecule has 3 N–H and O–H groups in total. The van der Waals surface area contributed by atoms with Crippen molar-refractivity contribution in [2.24, 2.45) is 0 Å². The number of pyridine rings is 1. The summed E-state index contributed by atoms with van der Waals surface area (Å²) in [6.07, 6.45) is -3.62. The fraction of sp³-hybridized carbons (Fsp3) is 0.154. The van der Waals surface area contributed by atoms with E-state index in [9.17, 15) is 17.6 Å². The first-order valence-electron chi connectivity index (χ1n) is 5.63. The van der Waals surface area contributed by atoms with Crippen LogP contribution in [0.1, 0.15) is 11.3 Å². The SMILES string of the molecule is Cc1cc(Nc2cc(C(F)(F)F)ncc2N)ccc1F. The lowest BCUT2D eigenvalue weighted by molar-refractivity contribution is -0.141. The normalized spacial score (nSPS) is 11.4. The molecule has 2 aromatic rings. The van der Waals surface area contributed by atoms with E-state index < -0.39 is 17.7 Å². The Morgan fingerprint density at radius 1 is 1.20 bits per heavy atom. The zero-order chi connectivity index (χ0) is 14.9. The summed E-state index contributed by atoms with van der Waals surface area (Å²) >= 11 is 0. The van der Waals surface area contributed by atoms with Crippen molar-refractivity contribution in [1.82, 2.24) is 4.98 Å². The largest absolute Gasteiger partial charge is 0.433 e. The third-order valence-electron chi connectivity index (χ3n) is 2.66. The van der Waals surface area contributed by atoms with Gasteiger partial charge < -0.3 is 11.1 Å². The van der Waals surface area contributed by atoms with Gasteiger partial charge in [-0.15, -0.1) is 0 Å². The number of hydrogen-bond donors (Lipinski definition) is 2. The van der Waals surface area contributed by atoms with Crippen LogP contribution in [0.2, 0.25) is 0 Å².